The number of carbonyl (C=O) groups is 3. The molecule has 2 amide bonds. The number of likely N-dealkylation sites (tertiary alicyclic amines) is 1. The molecule has 1 aromatic rings. The van der Waals surface area contributed by atoms with E-state index in [0.717, 1.165) is 10.2 Å². The quantitative estimate of drug-likeness (QED) is 0.851. The zero-order valence-electron chi connectivity index (χ0n) is 13.3. The SMILES string of the molecule is CC1C(C(=O)O)CCN1C(=O)C1CC(=O)N(c2cccc(Br)c2)C1. The lowest BCUT2D eigenvalue weighted by Crippen LogP contribution is -2.41. The molecule has 7 heteroatoms. The second-order valence-corrected chi connectivity index (χ2v) is 7.31. The summed E-state index contributed by atoms with van der Waals surface area (Å²) in [4.78, 5) is 39.5. The van der Waals surface area contributed by atoms with Crippen molar-refractivity contribution >= 4 is 39.4 Å². The van der Waals surface area contributed by atoms with Crippen molar-refractivity contribution in [1.82, 2.24) is 4.90 Å². The van der Waals surface area contributed by atoms with Crippen molar-refractivity contribution in [2.24, 2.45) is 11.8 Å². The third kappa shape index (κ3) is 3.05. The molecular formula is C17H19BrN2O4. The van der Waals surface area contributed by atoms with Crippen LogP contribution in [0.1, 0.15) is 19.8 Å². The van der Waals surface area contributed by atoms with Crippen molar-refractivity contribution in [3.63, 3.8) is 0 Å². The molecule has 2 heterocycles. The van der Waals surface area contributed by atoms with Gasteiger partial charge in [0.2, 0.25) is 11.8 Å². The van der Waals surface area contributed by atoms with Crippen molar-refractivity contribution in [1.29, 1.82) is 0 Å². The summed E-state index contributed by atoms with van der Waals surface area (Å²) in [7, 11) is 0. The second kappa shape index (κ2) is 6.55. The molecule has 6 nitrogen and oxygen atoms in total. The summed E-state index contributed by atoms with van der Waals surface area (Å²) >= 11 is 3.39. The topological polar surface area (TPSA) is 77.9 Å². The Kier molecular flexibility index (Phi) is 4.62. The Labute approximate surface area is 148 Å². The second-order valence-electron chi connectivity index (χ2n) is 6.39. The molecule has 0 spiro atoms. The fraction of sp³-hybridized carbons (Fsp3) is 0.471. The first-order chi connectivity index (χ1) is 11.4. The Hall–Kier alpha value is -1.89. The highest BCUT2D eigenvalue weighted by Gasteiger charge is 2.43. The fourth-order valence-corrected chi connectivity index (χ4v) is 3.97. The number of nitrogens with zero attached hydrogens (tertiary/aromatic N) is 2. The highest BCUT2D eigenvalue weighted by molar-refractivity contribution is 9.10. The van der Waals surface area contributed by atoms with Gasteiger partial charge >= 0.3 is 5.97 Å². The highest BCUT2D eigenvalue weighted by Crippen LogP contribution is 2.31. The maximum Gasteiger partial charge on any atom is 0.308 e. The van der Waals surface area contributed by atoms with Crippen LogP contribution in [0.25, 0.3) is 0 Å². The lowest BCUT2D eigenvalue weighted by molar-refractivity contribution is -0.143. The number of amides is 2. The maximum absolute atomic E-state index is 12.8. The summed E-state index contributed by atoms with van der Waals surface area (Å²) in [6.07, 6.45) is 0.643. The average molecular weight is 395 g/mol. The Morgan fingerprint density at radius 1 is 1.33 bits per heavy atom. The zero-order chi connectivity index (χ0) is 17.4. The molecule has 2 fully saturated rings. The molecule has 2 saturated heterocycles. The van der Waals surface area contributed by atoms with Crippen LogP contribution in [0.4, 0.5) is 5.69 Å². The van der Waals surface area contributed by atoms with Gasteiger partial charge in [0.1, 0.15) is 0 Å². The van der Waals surface area contributed by atoms with E-state index in [4.69, 9.17) is 0 Å². The fourth-order valence-electron chi connectivity index (χ4n) is 3.58. The molecule has 24 heavy (non-hydrogen) atoms. The molecular weight excluding hydrogens is 376 g/mol. The van der Waals surface area contributed by atoms with Crippen LogP contribution >= 0.6 is 15.9 Å². The molecule has 0 radical (unpaired) electrons. The van der Waals surface area contributed by atoms with Crippen molar-refractivity contribution < 1.29 is 19.5 Å². The molecule has 128 valence electrons. The van der Waals surface area contributed by atoms with E-state index in [9.17, 15) is 19.5 Å². The van der Waals surface area contributed by atoms with Crippen LogP contribution in [0.3, 0.4) is 0 Å². The van der Waals surface area contributed by atoms with Crippen LogP contribution in [-0.4, -0.2) is 46.9 Å². The number of hydrogen-bond acceptors (Lipinski definition) is 3. The third-order valence-electron chi connectivity index (χ3n) is 4.95. The minimum Gasteiger partial charge on any atom is -0.481 e. The molecule has 0 aliphatic carbocycles. The molecule has 0 bridgehead atoms. The smallest absolute Gasteiger partial charge is 0.308 e. The number of anilines is 1. The predicted octanol–water partition coefficient (Wildman–Crippen LogP) is 2.12. The van der Waals surface area contributed by atoms with Gasteiger partial charge in [0, 0.05) is 35.7 Å². The van der Waals surface area contributed by atoms with Gasteiger partial charge in [-0.15, -0.1) is 0 Å². The van der Waals surface area contributed by atoms with E-state index < -0.39 is 17.8 Å². The summed E-state index contributed by atoms with van der Waals surface area (Å²) in [5, 5.41) is 9.20. The molecule has 0 saturated carbocycles. The van der Waals surface area contributed by atoms with Gasteiger partial charge in [-0.3, -0.25) is 14.4 Å². The van der Waals surface area contributed by atoms with E-state index in [0.29, 0.717) is 19.5 Å². The van der Waals surface area contributed by atoms with Gasteiger partial charge in [0.05, 0.1) is 11.8 Å². The molecule has 0 aromatic heterocycles. The van der Waals surface area contributed by atoms with Gasteiger partial charge < -0.3 is 14.9 Å². The molecule has 1 aromatic carbocycles. The minimum atomic E-state index is -0.865. The number of carboxylic acid groups (broad SMARTS) is 1. The van der Waals surface area contributed by atoms with E-state index >= 15 is 0 Å². The summed E-state index contributed by atoms with van der Waals surface area (Å²) in [5.74, 6) is -1.99. The molecule has 1 N–H and O–H groups in total. The van der Waals surface area contributed by atoms with Crippen LogP contribution in [0.2, 0.25) is 0 Å². The van der Waals surface area contributed by atoms with Crippen LogP contribution in [-0.2, 0) is 14.4 Å². The largest absolute Gasteiger partial charge is 0.481 e. The number of benzene rings is 1. The highest BCUT2D eigenvalue weighted by atomic mass is 79.9. The first-order valence-corrected chi connectivity index (χ1v) is 8.77. The number of halogens is 1. The summed E-state index contributed by atoms with van der Waals surface area (Å²) in [6, 6.07) is 7.09. The van der Waals surface area contributed by atoms with Crippen molar-refractivity contribution in [3.05, 3.63) is 28.7 Å². The van der Waals surface area contributed by atoms with Crippen LogP contribution in [0.15, 0.2) is 28.7 Å². The number of rotatable bonds is 3. The molecule has 3 rings (SSSR count). The van der Waals surface area contributed by atoms with Gasteiger partial charge in [-0.25, -0.2) is 0 Å². The summed E-state index contributed by atoms with van der Waals surface area (Å²) in [6.45, 7) is 2.56. The van der Waals surface area contributed by atoms with Crippen LogP contribution in [0.5, 0.6) is 0 Å². The van der Waals surface area contributed by atoms with Gasteiger partial charge in [-0.05, 0) is 31.5 Å². The lowest BCUT2D eigenvalue weighted by Gasteiger charge is -2.26. The minimum absolute atomic E-state index is 0.0758. The number of aliphatic carboxylic acids is 1. The maximum atomic E-state index is 12.8. The molecule has 3 atom stereocenters. The van der Waals surface area contributed by atoms with Gasteiger partial charge in [0.25, 0.3) is 0 Å². The van der Waals surface area contributed by atoms with Crippen molar-refractivity contribution in [3.8, 4) is 0 Å². The first kappa shape index (κ1) is 17.0. The normalized spacial score (nSPS) is 26.9. The van der Waals surface area contributed by atoms with E-state index in [1.165, 1.54) is 0 Å². The number of hydrogen-bond donors (Lipinski definition) is 1. The van der Waals surface area contributed by atoms with Crippen molar-refractivity contribution in [2.75, 3.05) is 18.0 Å². The molecule has 2 aliphatic heterocycles. The summed E-state index contributed by atoms with van der Waals surface area (Å²) < 4.78 is 0.875. The number of carboxylic acids is 1. The Morgan fingerprint density at radius 3 is 2.71 bits per heavy atom. The molecule has 2 aliphatic rings. The van der Waals surface area contributed by atoms with E-state index in [-0.39, 0.29) is 24.3 Å². The van der Waals surface area contributed by atoms with E-state index in [1.54, 1.807) is 16.7 Å². The van der Waals surface area contributed by atoms with Gasteiger partial charge in [-0.2, -0.15) is 0 Å². The molecule has 3 unspecified atom stereocenters. The number of carbonyl (C=O) groups excluding carboxylic acids is 2. The average Bonchev–Trinajstić information content (AvgIpc) is 3.10. The zero-order valence-corrected chi connectivity index (χ0v) is 14.9. The standard InChI is InChI=1S/C17H19BrN2O4/c1-10-14(17(23)24)5-6-19(10)16(22)11-7-15(21)20(9-11)13-4-2-3-12(18)8-13/h2-4,8,10-11,14H,5-7,9H2,1H3,(H,23,24). The first-order valence-electron chi connectivity index (χ1n) is 7.97. The Balaban J connectivity index is 1.72. The lowest BCUT2D eigenvalue weighted by atomic mass is 10.0. The van der Waals surface area contributed by atoms with E-state index in [2.05, 4.69) is 15.9 Å². The monoisotopic (exact) mass is 394 g/mol. The van der Waals surface area contributed by atoms with Crippen LogP contribution < -0.4 is 4.90 Å². The van der Waals surface area contributed by atoms with Gasteiger partial charge in [-0.1, -0.05) is 22.0 Å². The van der Waals surface area contributed by atoms with Crippen molar-refractivity contribution in [2.45, 2.75) is 25.8 Å². The third-order valence-corrected chi connectivity index (χ3v) is 5.44. The van der Waals surface area contributed by atoms with Gasteiger partial charge in [0.15, 0.2) is 0 Å². The van der Waals surface area contributed by atoms with Crippen LogP contribution in [0, 0.1) is 11.8 Å². The summed E-state index contributed by atoms with van der Waals surface area (Å²) in [5.41, 5.74) is 0.766. The van der Waals surface area contributed by atoms with E-state index in [1.807, 2.05) is 24.3 Å². The predicted molar refractivity (Wildman–Crippen MR) is 91.5 cm³/mol. The Bertz CT molecular complexity index is 693. The Morgan fingerprint density at radius 2 is 2.08 bits per heavy atom.